The van der Waals surface area contributed by atoms with Crippen molar-refractivity contribution in [3.05, 3.63) is 41.5 Å². The van der Waals surface area contributed by atoms with E-state index in [1.165, 1.54) is 5.56 Å². The van der Waals surface area contributed by atoms with Crippen LogP contribution in [0.25, 0.3) is 0 Å². The molecule has 1 aromatic carbocycles. The third-order valence-electron chi connectivity index (χ3n) is 3.90. The van der Waals surface area contributed by atoms with E-state index >= 15 is 0 Å². The Kier molecular flexibility index (Phi) is 5.46. The summed E-state index contributed by atoms with van der Waals surface area (Å²) in [5.74, 6) is 1.31. The van der Waals surface area contributed by atoms with Gasteiger partial charge in [0.25, 0.3) is 0 Å². The van der Waals surface area contributed by atoms with Crippen LogP contribution in [0, 0.1) is 0 Å². The van der Waals surface area contributed by atoms with Gasteiger partial charge in [0.15, 0.2) is 0 Å². The molecule has 2 unspecified atom stereocenters. The molecule has 2 atom stereocenters. The third-order valence-corrected chi connectivity index (χ3v) is 3.90. The maximum Gasteiger partial charge on any atom is 0.122 e. The predicted molar refractivity (Wildman–Crippen MR) is 79.4 cm³/mol. The van der Waals surface area contributed by atoms with Gasteiger partial charge in [-0.1, -0.05) is 45.9 Å². The SMILES string of the molecule is C=CCc1cc(C(C)CC)c(O)c(C(C)CC)c1. The lowest BCUT2D eigenvalue weighted by atomic mass is 9.87. The summed E-state index contributed by atoms with van der Waals surface area (Å²) in [6, 6.07) is 4.27. The molecule has 0 amide bonds. The smallest absolute Gasteiger partial charge is 0.122 e. The Morgan fingerprint density at radius 2 is 1.56 bits per heavy atom. The molecule has 100 valence electrons. The van der Waals surface area contributed by atoms with Crippen LogP contribution in [0.4, 0.5) is 0 Å². The molecule has 0 aliphatic rings. The van der Waals surface area contributed by atoms with Gasteiger partial charge >= 0.3 is 0 Å². The first-order valence-electron chi connectivity index (χ1n) is 7.01. The highest BCUT2D eigenvalue weighted by Crippen LogP contribution is 2.37. The molecule has 0 heterocycles. The lowest BCUT2D eigenvalue weighted by molar-refractivity contribution is 0.448. The Hall–Kier alpha value is -1.24. The van der Waals surface area contributed by atoms with Crippen LogP contribution < -0.4 is 0 Å². The van der Waals surface area contributed by atoms with Crippen LogP contribution in [0.2, 0.25) is 0 Å². The summed E-state index contributed by atoms with van der Waals surface area (Å²) in [7, 11) is 0. The molecule has 0 fully saturated rings. The van der Waals surface area contributed by atoms with Gasteiger partial charge in [-0.05, 0) is 47.8 Å². The summed E-state index contributed by atoms with van der Waals surface area (Å²) in [4.78, 5) is 0. The number of phenols is 1. The zero-order valence-electron chi connectivity index (χ0n) is 12.2. The fraction of sp³-hybridized carbons (Fsp3) is 0.529. The summed E-state index contributed by atoms with van der Waals surface area (Å²) in [6.45, 7) is 12.5. The fourth-order valence-corrected chi connectivity index (χ4v) is 2.22. The van der Waals surface area contributed by atoms with Gasteiger partial charge in [0.05, 0.1) is 0 Å². The molecule has 1 rings (SSSR count). The number of rotatable bonds is 6. The second-order valence-electron chi connectivity index (χ2n) is 5.23. The molecule has 0 bridgehead atoms. The zero-order valence-corrected chi connectivity index (χ0v) is 12.2. The van der Waals surface area contributed by atoms with Gasteiger partial charge < -0.3 is 5.11 Å². The molecule has 1 aromatic rings. The molecule has 0 spiro atoms. The van der Waals surface area contributed by atoms with Gasteiger partial charge in [-0.2, -0.15) is 0 Å². The molecular weight excluding hydrogens is 220 g/mol. The van der Waals surface area contributed by atoms with E-state index < -0.39 is 0 Å². The van der Waals surface area contributed by atoms with Gasteiger partial charge in [0.1, 0.15) is 5.75 Å². The highest BCUT2D eigenvalue weighted by atomic mass is 16.3. The van der Waals surface area contributed by atoms with E-state index in [9.17, 15) is 5.11 Å². The lowest BCUT2D eigenvalue weighted by Crippen LogP contribution is -2.01. The molecule has 18 heavy (non-hydrogen) atoms. The molecule has 1 heteroatoms. The van der Waals surface area contributed by atoms with Crippen LogP contribution in [0.15, 0.2) is 24.8 Å². The van der Waals surface area contributed by atoms with Crippen molar-refractivity contribution in [1.29, 1.82) is 0 Å². The minimum atomic E-state index is 0.401. The van der Waals surface area contributed by atoms with Crippen LogP contribution in [0.3, 0.4) is 0 Å². The van der Waals surface area contributed by atoms with Gasteiger partial charge in [-0.25, -0.2) is 0 Å². The number of phenolic OH excluding ortho intramolecular Hbond substituents is 1. The Bertz CT molecular complexity index is 375. The Balaban J connectivity index is 3.32. The maximum atomic E-state index is 10.5. The fourth-order valence-electron chi connectivity index (χ4n) is 2.22. The van der Waals surface area contributed by atoms with Gasteiger partial charge in [-0.3, -0.25) is 0 Å². The highest BCUT2D eigenvalue weighted by molar-refractivity contribution is 5.47. The summed E-state index contributed by atoms with van der Waals surface area (Å²) in [5, 5.41) is 10.5. The van der Waals surface area contributed by atoms with E-state index in [0.29, 0.717) is 17.6 Å². The Morgan fingerprint density at radius 3 is 1.89 bits per heavy atom. The predicted octanol–water partition coefficient (Wildman–Crippen LogP) is 5.15. The summed E-state index contributed by atoms with van der Waals surface area (Å²) >= 11 is 0. The van der Waals surface area contributed by atoms with Crippen molar-refractivity contribution in [2.24, 2.45) is 0 Å². The van der Waals surface area contributed by atoms with Crippen LogP contribution in [0.1, 0.15) is 69.1 Å². The minimum absolute atomic E-state index is 0.401. The van der Waals surface area contributed by atoms with E-state index in [2.05, 4.69) is 46.4 Å². The minimum Gasteiger partial charge on any atom is -0.507 e. The lowest BCUT2D eigenvalue weighted by Gasteiger charge is -2.19. The first kappa shape index (κ1) is 14.8. The molecule has 1 nitrogen and oxygen atoms in total. The van der Waals surface area contributed by atoms with Crippen LogP contribution in [-0.4, -0.2) is 5.11 Å². The van der Waals surface area contributed by atoms with Crippen molar-refractivity contribution in [1.82, 2.24) is 0 Å². The van der Waals surface area contributed by atoms with Crippen LogP contribution in [-0.2, 0) is 6.42 Å². The Morgan fingerprint density at radius 1 is 1.11 bits per heavy atom. The van der Waals surface area contributed by atoms with E-state index in [0.717, 1.165) is 30.4 Å². The summed E-state index contributed by atoms with van der Waals surface area (Å²) in [6.07, 6.45) is 4.89. The van der Waals surface area contributed by atoms with Crippen LogP contribution >= 0.6 is 0 Å². The number of benzene rings is 1. The maximum absolute atomic E-state index is 10.5. The molecule has 0 saturated carbocycles. The molecule has 0 radical (unpaired) electrons. The van der Waals surface area contributed by atoms with Crippen molar-refractivity contribution < 1.29 is 5.11 Å². The average molecular weight is 246 g/mol. The van der Waals surface area contributed by atoms with Crippen LogP contribution in [0.5, 0.6) is 5.75 Å². The molecule has 0 aromatic heterocycles. The molecule has 1 N–H and O–H groups in total. The highest BCUT2D eigenvalue weighted by Gasteiger charge is 2.17. The van der Waals surface area contributed by atoms with E-state index in [1.54, 1.807) is 0 Å². The van der Waals surface area contributed by atoms with E-state index in [-0.39, 0.29) is 0 Å². The monoisotopic (exact) mass is 246 g/mol. The largest absolute Gasteiger partial charge is 0.507 e. The molecule has 0 saturated heterocycles. The van der Waals surface area contributed by atoms with Crippen molar-refractivity contribution >= 4 is 0 Å². The first-order chi connectivity index (χ1) is 8.54. The zero-order chi connectivity index (χ0) is 13.7. The molecule has 0 aliphatic carbocycles. The number of aromatic hydroxyl groups is 1. The number of hydrogen-bond donors (Lipinski definition) is 1. The second kappa shape index (κ2) is 6.63. The van der Waals surface area contributed by atoms with Gasteiger partial charge in [0.2, 0.25) is 0 Å². The van der Waals surface area contributed by atoms with E-state index in [4.69, 9.17) is 0 Å². The van der Waals surface area contributed by atoms with Crippen molar-refractivity contribution in [3.8, 4) is 5.75 Å². The standard InChI is InChI=1S/C17H26O/c1-6-9-14-10-15(12(4)7-2)17(18)16(11-14)13(5)8-3/h6,10-13,18H,1,7-9H2,2-5H3. The number of hydrogen-bond acceptors (Lipinski definition) is 1. The first-order valence-corrected chi connectivity index (χ1v) is 7.01. The molecular formula is C17H26O. The second-order valence-corrected chi connectivity index (χ2v) is 5.23. The van der Waals surface area contributed by atoms with E-state index in [1.807, 2.05) is 6.08 Å². The normalized spacial score (nSPS) is 14.2. The van der Waals surface area contributed by atoms with Crippen molar-refractivity contribution in [3.63, 3.8) is 0 Å². The quantitative estimate of drug-likeness (QED) is 0.688. The summed E-state index contributed by atoms with van der Waals surface area (Å²) < 4.78 is 0. The van der Waals surface area contributed by atoms with Gasteiger partial charge in [-0.15, -0.1) is 6.58 Å². The Labute approximate surface area is 112 Å². The topological polar surface area (TPSA) is 20.2 Å². The number of allylic oxidation sites excluding steroid dienone is 1. The third kappa shape index (κ3) is 3.16. The summed E-state index contributed by atoms with van der Waals surface area (Å²) in [5.41, 5.74) is 3.44. The van der Waals surface area contributed by atoms with Crippen molar-refractivity contribution in [2.75, 3.05) is 0 Å². The van der Waals surface area contributed by atoms with Gasteiger partial charge in [0, 0.05) is 0 Å². The average Bonchev–Trinajstić information content (AvgIpc) is 2.39. The van der Waals surface area contributed by atoms with Crippen molar-refractivity contribution in [2.45, 2.75) is 58.8 Å². The molecule has 0 aliphatic heterocycles.